The Labute approximate surface area is 113 Å². The van der Waals surface area contributed by atoms with Gasteiger partial charge in [-0.3, -0.25) is 9.59 Å². The fourth-order valence-corrected chi connectivity index (χ4v) is 3.60. The molecule has 0 aliphatic heterocycles. The number of hydrogen-bond acceptors (Lipinski definition) is 5. The van der Waals surface area contributed by atoms with Crippen LogP contribution < -0.4 is 0 Å². The van der Waals surface area contributed by atoms with Gasteiger partial charge in [-0.15, -0.1) is 0 Å². The van der Waals surface area contributed by atoms with E-state index in [2.05, 4.69) is 0 Å². The van der Waals surface area contributed by atoms with Crippen molar-refractivity contribution in [2.75, 3.05) is 6.61 Å². The second-order valence-corrected chi connectivity index (χ2v) is 5.56. The number of esters is 2. The molecule has 0 heterocycles. The molecule has 0 unspecified atom stereocenters. The molecule has 0 aromatic carbocycles. The molecule has 0 aromatic heterocycles. The van der Waals surface area contributed by atoms with Gasteiger partial charge in [-0.2, -0.15) is 0 Å². The van der Waals surface area contributed by atoms with Gasteiger partial charge in [-0.1, -0.05) is 6.42 Å². The van der Waals surface area contributed by atoms with Crippen molar-refractivity contribution in [3.8, 4) is 0 Å². The predicted octanol–water partition coefficient (Wildman–Crippen LogP) is 1.42. The van der Waals surface area contributed by atoms with E-state index in [1.807, 2.05) is 0 Å². The minimum absolute atomic E-state index is 0.143. The minimum Gasteiger partial charge on any atom is -0.465 e. The number of ether oxygens (including phenoxy) is 2. The largest absolute Gasteiger partial charge is 0.465 e. The smallest absolute Gasteiger partial charge is 0.314 e. The molecular formula is C14H22O5. The molecule has 0 radical (unpaired) electrons. The SMILES string of the molecule is CCOC(=O)[C@]12CCC[C@H]([C@@H](OC(C)=O)CC1)[C@@H]2O. The summed E-state index contributed by atoms with van der Waals surface area (Å²) in [6.07, 6.45) is 2.44. The summed E-state index contributed by atoms with van der Waals surface area (Å²) in [4.78, 5) is 23.3. The van der Waals surface area contributed by atoms with E-state index in [1.54, 1.807) is 6.92 Å². The normalized spacial score (nSPS) is 37.5. The Bertz CT molecular complexity index is 367. The first kappa shape index (κ1) is 14.3. The van der Waals surface area contributed by atoms with E-state index in [9.17, 15) is 14.7 Å². The van der Waals surface area contributed by atoms with Gasteiger partial charge in [0.05, 0.1) is 18.1 Å². The number of carbonyl (C=O) groups excluding carboxylic acids is 2. The zero-order valence-corrected chi connectivity index (χ0v) is 11.6. The summed E-state index contributed by atoms with van der Waals surface area (Å²) >= 11 is 0. The van der Waals surface area contributed by atoms with Gasteiger partial charge in [0, 0.05) is 12.8 Å². The van der Waals surface area contributed by atoms with E-state index in [1.165, 1.54) is 6.92 Å². The molecule has 0 aromatic rings. The summed E-state index contributed by atoms with van der Waals surface area (Å²) < 4.78 is 10.4. The first-order valence-corrected chi connectivity index (χ1v) is 7.04. The number of carbonyl (C=O) groups is 2. The van der Waals surface area contributed by atoms with Crippen LogP contribution in [-0.4, -0.2) is 35.9 Å². The van der Waals surface area contributed by atoms with Gasteiger partial charge in [0.25, 0.3) is 0 Å². The lowest BCUT2D eigenvalue weighted by molar-refractivity contribution is -0.192. The predicted molar refractivity (Wildman–Crippen MR) is 67.2 cm³/mol. The van der Waals surface area contributed by atoms with Crippen molar-refractivity contribution in [2.45, 2.75) is 58.2 Å². The van der Waals surface area contributed by atoms with Crippen LogP contribution in [0.4, 0.5) is 0 Å². The molecule has 2 saturated carbocycles. The highest BCUT2D eigenvalue weighted by Crippen LogP contribution is 2.50. The van der Waals surface area contributed by atoms with E-state index >= 15 is 0 Å². The molecule has 19 heavy (non-hydrogen) atoms. The molecule has 2 aliphatic carbocycles. The summed E-state index contributed by atoms with van der Waals surface area (Å²) in [7, 11) is 0. The highest BCUT2D eigenvalue weighted by Gasteiger charge is 2.56. The third-order valence-electron chi connectivity index (χ3n) is 4.48. The molecule has 1 N–H and O–H groups in total. The Hall–Kier alpha value is -1.10. The Balaban J connectivity index is 2.17. The third-order valence-corrected chi connectivity index (χ3v) is 4.48. The van der Waals surface area contributed by atoms with Gasteiger partial charge in [0.1, 0.15) is 6.10 Å². The molecule has 5 nitrogen and oxygen atoms in total. The molecule has 2 bridgehead atoms. The molecule has 2 rings (SSSR count). The van der Waals surface area contributed by atoms with Crippen molar-refractivity contribution in [2.24, 2.45) is 11.3 Å². The third kappa shape index (κ3) is 2.48. The summed E-state index contributed by atoms with van der Waals surface area (Å²) in [6, 6.07) is 0. The first-order valence-electron chi connectivity index (χ1n) is 7.04. The van der Waals surface area contributed by atoms with Crippen LogP contribution in [0.5, 0.6) is 0 Å². The zero-order chi connectivity index (χ0) is 14.0. The van der Waals surface area contributed by atoms with E-state index in [-0.39, 0.29) is 24.0 Å². The van der Waals surface area contributed by atoms with Gasteiger partial charge in [0.15, 0.2) is 0 Å². The van der Waals surface area contributed by atoms with Crippen LogP contribution in [0.25, 0.3) is 0 Å². The van der Waals surface area contributed by atoms with E-state index in [0.717, 1.165) is 12.8 Å². The second-order valence-electron chi connectivity index (χ2n) is 5.56. The van der Waals surface area contributed by atoms with Crippen LogP contribution >= 0.6 is 0 Å². The maximum absolute atomic E-state index is 12.2. The lowest BCUT2D eigenvalue weighted by Gasteiger charge is -2.50. The maximum Gasteiger partial charge on any atom is 0.314 e. The molecule has 5 heteroatoms. The highest BCUT2D eigenvalue weighted by atomic mass is 16.5. The molecule has 0 saturated heterocycles. The van der Waals surface area contributed by atoms with E-state index in [0.29, 0.717) is 25.9 Å². The number of fused-ring (bicyclic) bond motifs is 2. The Morgan fingerprint density at radius 1 is 1.32 bits per heavy atom. The quantitative estimate of drug-likeness (QED) is 0.785. The van der Waals surface area contributed by atoms with Crippen LogP contribution in [0.15, 0.2) is 0 Å². The average Bonchev–Trinajstić information content (AvgIpc) is 2.33. The number of hydrogen-bond donors (Lipinski definition) is 1. The molecule has 0 spiro atoms. The van der Waals surface area contributed by atoms with Crippen LogP contribution in [0.1, 0.15) is 46.0 Å². The monoisotopic (exact) mass is 270 g/mol. The molecular weight excluding hydrogens is 248 g/mol. The van der Waals surface area contributed by atoms with E-state index < -0.39 is 11.5 Å². The molecule has 2 aliphatic rings. The average molecular weight is 270 g/mol. The van der Waals surface area contributed by atoms with Gasteiger partial charge in [-0.05, 0) is 32.6 Å². The van der Waals surface area contributed by atoms with Crippen molar-refractivity contribution in [3.63, 3.8) is 0 Å². The lowest BCUT2D eigenvalue weighted by atomic mass is 9.59. The summed E-state index contributed by atoms with van der Waals surface area (Å²) in [5.41, 5.74) is -0.782. The molecule has 0 amide bonds. The van der Waals surface area contributed by atoms with Crippen molar-refractivity contribution in [1.82, 2.24) is 0 Å². The van der Waals surface area contributed by atoms with Gasteiger partial charge < -0.3 is 14.6 Å². The van der Waals surface area contributed by atoms with Crippen molar-refractivity contribution in [1.29, 1.82) is 0 Å². The topological polar surface area (TPSA) is 72.8 Å². The summed E-state index contributed by atoms with van der Waals surface area (Å²) in [5, 5.41) is 10.5. The van der Waals surface area contributed by atoms with Gasteiger partial charge in [0.2, 0.25) is 0 Å². The number of rotatable bonds is 3. The van der Waals surface area contributed by atoms with Crippen molar-refractivity contribution in [3.05, 3.63) is 0 Å². The van der Waals surface area contributed by atoms with E-state index in [4.69, 9.17) is 9.47 Å². The maximum atomic E-state index is 12.2. The van der Waals surface area contributed by atoms with Crippen LogP contribution in [-0.2, 0) is 19.1 Å². The standard InChI is InChI=1S/C14H22O5/c1-3-18-13(17)14-7-4-5-10(12(14)16)11(6-8-14)19-9(2)15/h10-12,16H,3-8H2,1-2H3/t10-,11+,12+,14-/m1/s1. The van der Waals surface area contributed by atoms with Crippen LogP contribution in [0.2, 0.25) is 0 Å². The number of aliphatic hydroxyl groups is 1. The van der Waals surface area contributed by atoms with Gasteiger partial charge in [-0.25, -0.2) is 0 Å². The second kappa shape index (κ2) is 5.49. The van der Waals surface area contributed by atoms with Crippen LogP contribution in [0, 0.1) is 11.3 Å². The van der Waals surface area contributed by atoms with Crippen LogP contribution in [0.3, 0.4) is 0 Å². The van der Waals surface area contributed by atoms with Gasteiger partial charge >= 0.3 is 11.9 Å². The fourth-order valence-electron chi connectivity index (χ4n) is 3.60. The summed E-state index contributed by atoms with van der Waals surface area (Å²) in [6.45, 7) is 3.47. The Morgan fingerprint density at radius 3 is 2.68 bits per heavy atom. The Morgan fingerprint density at radius 2 is 2.05 bits per heavy atom. The highest BCUT2D eigenvalue weighted by molar-refractivity contribution is 5.78. The molecule has 2 fully saturated rings. The first-order chi connectivity index (χ1) is 9.01. The zero-order valence-electron chi connectivity index (χ0n) is 11.6. The summed E-state index contributed by atoms with van der Waals surface area (Å²) in [5.74, 6) is -0.768. The minimum atomic E-state index is -0.782. The fraction of sp³-hybridized carbons (Fsp3) is 0.857. The lowest BCUT2D eigenvalue weighted by Crippen LogP contribution is -2.57. The van der Waals surface area contributed by atoms with Crippen molar-refractivity contribution < 1.29 is 24.2 Å². The molecule has 4 atom stereocenters. The molecule has 108 valence electrons. The number of aliphatic hydroxyl groups excluding tert-OH is 1. The van der Waals surface area contributed by atoms with Crippen molar-refractivity contribution >= 4 is 11.9 Å². The Kier molecular flexibility index (Phi) is 4.13.